The van der Waals surface area contributed by atoms with Gasteiger partial charge in [0.15, 0.2) is 11.6 Å². The van der Waals surface area contributed by atoms with E-state index in [0.717, 1.165) is 22.3 Å². The van der Waals surface area contributed by atoms with Crippen molar-refractivity contribution >= 4 is 35.0 Å². The second-order valence-corrected chi connectivity index (χ2v) is 9.76. The van der Waals surface area contributed by atoms with Crippen molar-refractivity contribution in [3.05, 3.63) is 51.5 Å². The van der Waals surface area contributed by atoms with Crippen LogP contribution in [-0.2, 0) is 16.0 Å². The third-order valence-corrected chi connectivity index (χ3v) is 5.94. The lowest BCUT2D eigenvalue weighted by Crippen LogP contribution is -2.61. The van der Waals surface area contributed by atoms with Crippen LogP contribution in [0.2, 0.25) is 0 Å². The van der Waals surface area contributed by atoms with Crippen molar-refractivity contribution in [3.8, 4) is 5.75 Å². The summed E-state index contributed by atoms with van der Waals surface area (Å²) in [5.41, 5.74) is 4.54. The molecule has 0 atom stereocenters. The molecule has 1 fully saturated rings. The van der Waals surface area contributed by atoms with Crippen LogP contribution in [0.1, 0.15) is 34.0 Å². The lowest BCUT2D eigenvalue weighted by Gasteiger charge is -2.42. The van der Waals surface area contributed by atoms with E-state index < -0.39 is 48.4 Å². The van der Waals surface area contributed by atoms with E-state index in [1.54, 1.807) is 19.9 Å². The Morgan fingerprint density at radius 1 is 1.16 bits per heavy atom. The third kappa shape index (κ3) is 7.93. The van der Waals surface area contributed by atoms with Gasteiger partial charge in [-0.3, -0.25) is 10.2 Å². The number of nitrogens with zero attached hydrogens (tertiary/aromatic N) is 1. The molecule has 1 amide bonds. The smallest absolute Gasteiger partial charge is 0.475 e. The summed E-state index contributed by atoms with van der Waals surface area (Å²) in [7, 11) is 0. The van der Waals surface area contributed by atoms with Gasteiger partial charge in [-0.05, 0) is 36.8 Å². The fourth-order valence-corrected chi connectivity index (χ4v) is 4.19. The summed E-state index contributed by atoms with van der Waals surface area (Å²) in [6.45, 7) is 2.17. The van der Waals surface area contributed by atoms with Crippen molar-refractivity contribution in [2.24, 2.45) is 11.1 Å². The molecule has 2 heterocycles. The van der Waals surface area contributed by atoms with Crippen LogP contribution in [-0.4, -0.2) is 58.9 Å². The number of amides is 1. The molecule has 0 aliphatic carbocycles. The number of alkyl halides is 5. The molecule has 0 radical (unpaired) electrons. The van der Waals surface area contributed by atoms with Crippen molar-refractivity contribution < 1.29 is 50.6 Å². The number of hydrogen-bond acceptors (Lipinski definition) is 6. The highest BCUT2D eigenvalue weighted by molar-refractivity contribution is 7.14. The number of hydrogen-bond donors (Lipinski definition) is 3. The number of halogens is 6. The summed E-state index contributed by atoms with van der Waals surface area (Å²) in [5, 5.41) is 14.4. The number of ether oxygens (including phenoxy) is 1. The number of carbonyl (C=O) groups excluding carboxylic acids is 2. The van der Waals surface area contributed by atoms with Crippen molar-refractivity contribution in [1.82, 2.24) is 4.90 Å². The molecule has 37 heavy (non-hydrogen) atoms. The van der Waals surface area contributed by atoms with Gasteiger partial charge in [-0.15, -0.1) is 11.3 Å². The van der Waals surface area contributed by atoms with Gasteiger partial charge >= 0.3 is 18.1 Å². The predicted molar refractivity (Wildman–Crippen MR) is 119 cm³/mol. The largest absolute Gasteiger partial charge is 0.490 e. The lowest BCUT2D eigenvalue weighted by atomic mass is 9.85. The zero-order chi connectivity index (χ0) is 28.3. The van der Waals surface area contributed by atoms with Gasteiger partial charge in [-0.25, -0.2) is 22.8 Å². The summed E-state index contributed by atoms with van der Waals surface area (Å²) in [6, 6.07) is 6.72. The van der Waals surface area contributed by atoms with Crippen LogP contribution in [0.25, 0.3) is 0 Å². The van der Waals surface area contributed by atoms with Crippen molar-refractivity contribution in [2.45, 2.75) is 32.4 Å². The van der Waals surface area contributed by atoms with Crippen LogP contribution in [0.3, 0.4) is 0 Å². The number of nitrogens with two attached hydrogens (primary N) is 1. The number of carbonyl (C=O) groups is 3. The molecule has 3 rings (SSSR count). The molecular formula is C22H21F6N3O5S. The summed E-state index contributed by atoms with van der Waals surface area (Å²) < 4.78 is 76.9. The molecule has 8 nitrogen and oxygen atoms in total. The summed E-state index contributed by atoms with van der Waals surface area (Å²) in [5.74, 6) is -8.17. The monoisotopic (exact) mass is 553 g/mol. The second-order valence-electron chi connectivity index (χ2n) is 8.60. The van der Waals surface area contributed by atoms with E-state index in [1.807, 2.05) is 0 Å². The number of likely N-dealkylation sites (tertiary alicyclic amines) is 1. The maximum absolute atomic E-state index is 14.1. The van der Waals surface area contributed by atoms with E-state index in [2.05, 4.69) is 0 Å². The molecule has 0 spiro atoms. The van der Waals surface area contributed by atoms with Crippen LogP contribution >= 0.6 is 11.3 Å². The molecule has 1 aromatic carbocycles. The summed E-state index contributed by atoms with van der Waals surface area (Å²) >= 11 is 1.09. The zero-order valence-corrected chi connectivity index (χ0v) is 20.1. The van der Waals surface area contributed by atoms with E-state index in [9.17, 15) is 35.9 Å². The Hall–Kier alpha value is -3.62. The van der Waals surface area contributed by atoms with Crippen molar-refractivity contribution in [3.63, 3.8) is 0 Å². The van der Waals surface area contributed by atoms with Crippen LogP contribution in [0.15, 0.2) is 30.3 Å². The number of benzene rings is 1. The lowest BCUT2D eigenvalue weighted by molar-refractivity contribution is -0.192. The van der Waals surface area contributed by atoms with Gasteiger partial charge in [0, 0.05) is 15.9 Å². The Bertz CT molecular complexity index is 1200. The number of amidine groups is 1. The third-order valence-electron chi connectivity index (χ3n) is 4.88. The molecule has 1 saturated heterocycles. The van der Waals surface area contributed by atoms with Crippen molar-refractivity contribution in [2.75, 3.05) is 13.1 Å². The number of rotatable bonds is 6. The molecular weight excluding hydrogens is 532 g/mol. The summed E-state index contributed by atoms with van der Waals surface area (Å²) in [4.78, 5) is 35.7. The Morgan fingerprint density at radius 2 is 1.73 bits per heavy atom. The standard InChI is InChI=1S/C20H20F3N3O3S.C2HF3O2/c1-19(2,18(28)26-9-20(22,23)10-26)8-12-4-6-15(30-12)17(27)29-14-5-3-11(16(24)25)7-13(14)21;3-2(4,5)1(6)7/h3-7H,8-10H2,1-2H3,(H3,24,25);(H,6,7). The highest BCUT2D eigenvalue weighted by atomic mass is 32.1. The molecule has 4 N–H and O–H groups in total. The first-order chi connectivity index (χ1) is 16.8. The maximum Gasteiger partial charge on any atom is 0.490 e. The highest BCUT2D eigenvalue weighted by Gasteiger charge is 2.49. The van der Waals surface area contributed by atoms with Gasteiger partial charge in [-0.2, -0.15) is 13.2 Å². The minimum Gasteiger partial charge on any atom is -0.475 e. The van der Waals surface area contributed by atoms with E-state index in [0.29, 0.717) is 4.88 Å². The van der Waals surface area contributed by atoms with Crippen LogP contribution in [0.4, 0.5) is 26.3 Å². The predicted octanol–water partition coefficient (Wildman–Crippen LogP) is 4.07. The van der Waals surface area contributed by atoms with E-state index in [-0.39, 0.29) is 34.4 Å². The zero-order valence-electron chi connectivity index (χ0n) is 19.3. The van der Waals surface area contributed by atoms with Crippen molar-refractivity contribution in [1.29, 1.82) is 5.41 Å². The van der Waals surface area contributed by atoms with E-state index in [4.69, 9.17) is 25.8 Å². The fourth-order valence-electron chi connectivity index (χ4n) is 3.08. The molecule has 0 saturated carbocycles. The quantitative estimate of drug-likeness (QED) is 0.162. The van der Waals surface area contributed by atoms with Gasteiger partial charge in [-0.1, -0.05) is 13.8 Å². The minimum absolute atomic E-state index is 0.164. The second kappa shape index (κ2) is 10.8. The normalized spacial score (nSPS) is 14.6. The number of nitrogens with one attached hydrogen (secondary N) is 1. The van der Waals surface area contributed by atoms with Gasteiger partial charge in [0.1, 0.15) is 10.7 Å². The molecule has 0 bridgehead atoms. The van der Waals surface area contributed by atoms with Gasteiger partial charge in [0.05, 0.1) is 13.1 Å². The molecule has 2 aromatic rings. The van der Waals surface area contributed by atoms with Gasteiger partial charge in [0.2, 0.25) is 5.91 Å². The van der Waals surface area contributed by atoms with E-state index in [1.165, 1.54) is 18.2 Å². The van der Waals surface area contributed by atoms with Gasteiger partial charge in [0.25, 0.3) is 5.92 Å². The Morgan fingerprint density at radius 3 is 2.19 bits per heavy atom. The van der Waals surface area contributed by atoms with Crippen LogP contribution < -0.4 is 10.5 Å². The van der Waals surface area contributed by atoms with Gasteiger partial charge < -0.3 is 20.5 Å². The first-order valence-corrected chi connectivity index (χ1v) is 11.1. The molecule has 202 valence electrons. The maximum atomic E-state index is 14.1. The highest BCUT2D eigenvalue weighted by Crippen LogP contribution is 2.34. The number of esters is 1. The Kier molecular flexibility index (Phi) is 8.63. The van der Waals surface area contributed by atoms with E-state index >= 15 is 0 Å². The Balaban J connectivity index is 0.000000604. The van der Waals surface area contributed by atoms with Crippen LogP contribution in [0, 0.1) is 16.6 Å². The molecule has 1 aliphatic heterocycles. The number of carboxylic acid groups (broad SMARTS) is 1. The SMILES string of the molecule is CC(C)(Cc1ccc(C(=O)Oc2ccc(C(=N)N)cc2F)s1)C(=O)N1CC(F)(F)C1.O=C(O)C(F)(F)F. The average Bonchev–Trinajstić information content (AvgIpc) is 3.20. The number of thiophene rings is 1. The molecule has 0 unspecified atom stereocenters. The first-order valence-electron chi connectivity index (χ1n) is 10.2. The summed E-state index contributed by atoms with van der Waals surface area (Å²) in [6.07, 6.45) is -4.83. The Labute approximate surface area is 210 Å². The minimum atomic E-state index is -5.08. The first kappa shape index (κ1) is 29.6. The fraction of sp³-hybridized carbons (Fsp3) is 0.364. The number of aliphatic carboxylic acids is 1. The topological polar surface area (TPSA) is 134 Å². The molecule has 15 heteroatoms. The van der Waals surface area contributed by atoms with Crippen LogP contribution in [0.5, 0.6) is 5.75 Å². The number of carboxylic acids is 1. The number of nitrogen functional groups attached to an aromatic ring is 1. The molecule has 1 aliphatic rings. The average molecular weight is 553 g/mol. The molecule has 1 aromatic heterocycles.